The van der Waals surface area contributed by atoms with E-state index in [4.69, 9.17) is 16.9 Å². The summed E-state index contributed by atoms with van der Waals surface area (Å²) in [4.78, 5) is 1.14. The van der Waals surface area contributed by atoms with Crippen LogP contribution >= 0.6 is 23.4 Å². The van der Waals surface area contributed by atoms with Crippen molar-refractivity contribution in [2.24, 2.45) is 0 Å². The quantitative estimate of drug-likeness (QED) is 0.720. The molecule has 1 nitrogen and oxygen atoms in total. The monoisotopic (exact) mass is 225 g/mol. The summed E-state index contributed by atoms with van der Waals surface area (Å²) in [5, 5.41) is 9.74. The van der Waals surface area contributed by atoms with Gasteiger partial charge in [-0.15, -0.1) is 11.8 Å². The van der Waals surface area contributed by atoms with Crippen LogP contribution in [0.2, 0.25) is 5.02 Å². The molecule has 0 aliphatic carbocycles. The van der Waals surface area contributed by atoms with Crippen LogP contribution in [0.4, 0.5) is 0 Å². The number of benzene rings is 1. The normalized spacial score (nSPS) is 12.1. The van der Waals surface area contributed by atoms with E-state index in [0.717, 1.165) is 16.3 Å². The third-order valence-corrected chi connectivity index (χ3v) is 3.47. The third-order valence-electron chi connectivity index (χ3n) is 1.87. The lowest BCUT2D eigenvalue weighted by Crippen LogP contribution is -1.98. The predicted molar refractivity (Wildman–Crippen MR) is 61.6 cm³/mol. The Hall–Kier alpha value is -0.650. The van der Waals surface area contributed by atoms with E-state index >= 15 is 0 Å². The molecule has 0 aromatic heterocycles. The highest BCUT2D eigenvalue weighted by molar-refractivity contribution is 8.00. The van der Waals surface area contributed by atoms with Gasteiger partial charge in [-0.3, -0.25) is 0 Å². The highest BCUT2D eigenvalue weighted by atomic mass is 35.5. The number of nitrogens with zero attached hydrogens (tertiary/aromatic N) is 1. The Balaban J connectivity index is 2.63. The summed E-state index contributed by atoms with van der Waals surface area (Å²) >= 11 is 7.59. The SMILES string of the molecule is CCC(CC#N)Sc1cccc(Cl)c1. The lowest BCUT2D eigenvalue weighted by atomic mass is 10.3. The van der Waals surface area contributed by atoms with Crippen molar-refractivity contribution in [3.8, 4) is 6.07 Å². The van der Waals surface area contributed by atoms with Gasteiger partial charge in [0.2, 0.25) is 0 Å². The van der Waals surface area contributed by atoms with Crippen molar-refractivity contribution in [2.75, 3.05) is 0 Å². The Morgan fingerprint density at radius 1 is 1.57 bits per heavy atom. The number of halogens is 1. The van der Waals surface area contributed by atoms with Crippen molar-refractivity contribution in [2.45, 2.75) is 29.9 Å². The van der Waals surface area contributed by atoms with E-state index in [0.29, 0.717) is 11.7 Å². The van der Waals surface area contributed by atoms with Gasteiger partial charge < -0.3 is 0 Å². The summed E-state index contributed by atoms with van der Waals surface area (Å²) in [6, 6.07) is 9.95. The number of hydrogen-bond acceptors (Lipinski definition) is 2. The lowest BCUT2D eigenvalue weighted by molar-refractivity contribution is 0.842. The van der Waals surface area contributed by atoms with E-state index in [9.17, 15) is 0 Å². The van der Waals surface area contributed by atoms with Crippen LogP contribution in [-0.2, 0) is 0 Å². The summed E-state index contributed by atoms with van der Waals surface area (Å²) in [7, 11) is 0. The van der Waals surface area contributed by atoms with E-state index in [1.165, 1.54) is 0 Å². The maximum absolute atomic E-state index is 8.61. The Bertz CT molecular complexity index is 332. The second kappa shape index (κ2) is 5.95. The van der Waals surface area contributed by atoms with Crippen LogP contribution in [0.1, 0.15) is 19.8 Å². The van der Waals surface area contributed by atoms with Crippen molar-refractivity contribution >= 4 is 23.4 Å². The zero-order valence-electron chi connectivity index (χ0n) is 8.03. The van der Waals surface area contributed by atoms with Crippen LogP contribution in [0, 0.1) is 11.3 Å². The maximum Gasteiger partial charge on any atom is 0.0633 e. The second-order valence-corrected chi connectivity index (χ2v) is 4.78. The molecule has 1 aromatic rings. The molecule has 0 aliphatic rings. The molecule has 0 saturated heterocycles. The number of rotatable bonds is 4. The standard InChI is InChI=1S/C11H12ClNS/c1-2-10(6-7-13)14-11-5-3-4-9(12)8-11/h3-5,8,10H,2,6H2,1H3. The van der Waals surface area contributed by atoms with Crippen LogP contribution in [0.3, 0.4) is 0 Å². The Morgan fingerprint density at radius 3 is 2.93 bits per heavy atom. The molecular weight excluding hydrogens is 214 g/mol. The van der Waals surface area contributed by atoms with Crippen molar-refractivity contribution in [1.29, 1.82) is 5.26 Å². The van der Waals surface area contributed by atoms with Crippen LogP contribution in [0.15, 0.2) is 29.2 Å². The Morgan fingerprint density at radius 2 is 2.36 bits per heavy atom. The van der Waals surface area contributed by atoms with E-state index in [-0.39, 0.29) is 0 Å². The number of hydrogen-bond donors (Lipinski definition) is 0. The predicted octanol–water partition coefficient (Wildman–Crippen LogP) is 4.12. The molecule has 3 heteroatoms. The fraction of sp³-hybridized carbons (Fsp3) is 0.364. The molecule has 0 bridgehead atoms. The van der Waals surface area contributed by atoms with E-state index in [1.54, 1.807) is 11.8 Å². The average Bonchev–Trinajstić information content (AvgIpc) is 2.17. The molecule has 0 heterocycles. The highest BCUT2D eigenvalue weighted by Gasteiger charge is 2.07. The fourth-order valence-corrected chi connectivity index (χ4v) is 2.42. The van der Waals surface area contributed by atoms with Gasteiger partial charge >= 0.3 is 0 Å². The first-order chi connectivity index (χ1) is 6.76. The van der Waals surface area contributed by atoms with Gasteiger partial charge in [0, 0.05) is 21.6 Å². The average molecular weight is 226 g/mol. The van der Waals surface area contributed by atoms with Crippen LogP contribution in [0.25, 0.3) is 0 Å². The van der Waals surface area contributed by atoms with E-state index < -0.39 is 0 Å². The summed E-state index contributed by atoms with van der Waals surface area (Å²) in [5.41, 5.74) is 0. The zero-order valence-corrected chi connectivity index (χ0v) is 9.61. The first-order valence-electron chi connectivity index (χ1n) is 4.55. The Kier molecular flexibility index (Phi) is 4.86. The van der Waals surface area contributed by atoms with Gasteiger partial charge in [0.15, 0.2) is 0 Å². The molecule has 1 unspecified atom stereocenters. The molecule has 1 rings (SSSR count). The van der Waals surface area contributed by atoms with Gasteiger partial charge in [-0.1, -0.05) is 24.6 Å². The minimum Gasteiger partial charge on any atom is -0.198 e. The van der Waals surface area contributed by atoms with Gasteiger partial charge in [-0.25, -0.2) is 0 Å². The molecule has 0 radical (unpaired) electrons. The molecule has 14 heavy (non-hydrogen) atoms. The number of nitriles is 1. The highest BCUT2D eigenvalue weighted by Crippen LogP contribution is 2.28. The second-order valence-electron chi connectivity index (χ2n) is 2.97. The van der Waals surface area contributed by atoms with Crippen molar-refractivity contribution < 1.29 is 0 Å². The van der Waals surface area contributed by atoms with Crippen LogP contribution in [0.5, 0.6) is 0 Å². The molecule has 1 atom stereocenters. The largest absolute Gasteiger partial charge is 0.198 e. The maximum atomic E-state index is 8.61. The van der Waals surface area contributed by atoms with E-state index in [2.05, 4.69) is 13.0 Å². The fourth-order valence-electron chi connectivity index (χ4n) is 1.10. The van der Waals surface area contributed by atoms with Crippen LogP contribution in [-0.4, -0.2) is 5.25 Å². The van der Waals surface area contributed by atoms with E-state index in [1.807, 2.05) is 24.3 Å². The summed E-state index contributed by atoms with van der Waals surface area (Å²) in [5.74, 6) is 0. The first-order valence-corrected chi connectivity index (χ1v) is 5.81. The van der Waals surface area contributed by atoms with Crippen LogP contribution < -0.4 is 0 Å². The zero-order chi connectivity index (χ0) is 10.4. The van der Waals surface area contributed by atoms with Gasteiger partial charge in [-0.05, 0) is 24.6 Å². The molecule has 0 N–H and O–H groups in total. The summed E-state index contributed by atoms with van der Waals surface area (Å²) < 4.78 is 0. The first kappa shape index (κ1) is 11.4. The number of thioether (sulfide) groups is 1. The molecule has 0 fully saturated rings. The molecule has 0 amide bonds. The van der Waals surface area contributed by atoms with Crippen molar-refractivity contribution in [3.63, 3.8) is 0 Å². The smallest absolute Gasteiger partial charge is 0.0633 e. The Labute approximate surface area is 94.1 Å². The van der Waals surface area contributed by atoms with Gasteiger partial charge in [0.05, 0.1) is 6.07 Å². The van der Waals surface area contributed by atoms with Gasteiger partial charge in [0.1, 0.15) is 0 Å². The molecule has 74 valence electrons. The molecule has 0 spiro atoms. The van der Waals surface area contributed by atoms with Crippen molar-refractivity contribution in [3.05, 3.63) is 29.3 Å². The molecule has 0 saturated carbocycles. The molecule has 0 aliphatic heterocycles. The van der Waals surface area contributed by atoms with Gasteiger partial charge in [0.25, 0.3) is 0 Å². The molecular formula is C11H12ClNS. The summed E-state index contributed by atoms with van der Waals surface area (Å²) in [6.07, 6.45) is 1.60. The van der Waals surface area contributed by atoms with Crippen molar-refractivity contribution in [1.82, 2.24) is 0 Å². The minimum atomic E-state index is 0.374. The molecule has 1 aromatic carbocycles. The third kappa shape index (κ3) is 3.61. The summed E-state index contributed by atoms with van der Waals surface area (Å²) in [6.45, 7) is 2.10. The minimum absolute atomic E-state index is 0.374. The van der Waals surface area contributed by atoms with Gasteiger partial charge in [-0.2, -0.15) is 5.26 Å². The lowest BCUT2D eigenvalue weighted by Gasteiger charge is -2.10. The topological polar surface area (TPSA) is 23.8 Å².